The number of aliphatic hydroxyl groups excluding tert-OH is 1. The number of aliphatic hydroxyl groups is 1. The summed E-state index contributed by atoms with van der Waals surface area (Å²) in [5.74, 6) is -1.62. The van der Waals surface area contributed by atoms with Gasteiger partial charge in [0.1, 0.15) is 5.76 Å². The Morgan fingerprint density at radius 1 is 1.00 bits per heavy atom. The number of carbonyl (C=O) groups is 2. The van der Waals surface area contributed by atoms with Crippen molar-refractivity contribution in [1.82, 2.24) is 4.98 Å². The van der Waals surface area contributed by atoms with Gasteiger partial charge >= 0.3 is 0 Å². The fourth-order valence-electron chi connectivity index (χ4n) is 4.30. The molecule has 1 N–H and O–H groups in total. The maximum absolute atomic E-state index is 13.4. The van der Waals surface area contributed by atoms with Crippen molar-refractivity contribution < 1.29 is 14.7 Å². The minimum absolute atomic E-state index is 0.0441. The molecular weight excluding hydrogens is 480 g/mol. The van der Waals surface area contributed by atoms with Crippen molar-refractivity contribution in [3.8, 4) is 0 Å². The largest absolute Gasteiger partial charge is 0.507 e. The summed E-state index contributed by atoms with van der Waals surface area (Å²) in [5, 5.41) is 13.1. The van der Waals surface area contributed by atoms with E-state index < -0.39 is 17.7 Å². The lowest BCUT2D eigenvalue weighted by atomic mass is 9.95. The average Bonchev–Trinajstić information content (AvgIpc) is 3.11. The van der Waals surface area contributed by atoms with Gasteiger partial charge in [-0.15, -0.1) is 0 Å². The van der Waals surface area contributed by atoms with E-state index in [0.29, 0.717) is 16.8 Å². The highest BCUT2D eigenvalue weighted by Crippen LogP contribution is 2.44. The first-order chi connectivity index (χ1) is 16.0. The lowest BCUT2D eigenvalue weighted by Gasteiger charge is -2.26. The van der Waals surface area contributed by atoms with Crippen molar-refractivity contribution in [3.05, 3.63) is 112 Å². The van der Waals surface area contributed by atoms with Gasteiger partial charge in [-0.25, -0.2) is 0 Å². The van der Waals surface area contributed by atoms with Crippen LogP contribution in [0.5, 0.6) is 0 Å². The first-order valence-corrected chi connectivity index (χ1v) is 11.2. The SMILES string of the molecule is Cc1cc(/C(O)=C2\C(=O)C(=O)N(c3cccc4ccccc34)C2c2cccnc2)ccc1Br. The number of amides is 1. The maximum Gasteiger partial charge on any atom is 0.300 e. The fraction of sp³-hybridized carbons (Fsp3) is 0.0741. The van der Waals surface area contributed by atoms with Crippen LogP contribution in [0.1, 0.15) is 22.7 Å². The molecule has 1 aromatic heterocycles. The van der Waals surface area contributed by atoms with Crippen LogP contribution in [-0.2, 0) is 9.59 Å². The molecule has 1 saturated heterocycles. The molecule has 0 spiro atoms. The summed E-state index contributed by atoms with van der Waals surface area (Å²) < 4.78 is 0.888. The Kier molecular flexibility index (Phi) is 5.30. The summed E-state index contributed by atoms with van der Waals surface area (Å²) >= 11 is 3.46. The number of benzene rings is 3. The molecule has 1 atom stereocenters. The van der Waals surface area contributed by atoms with Crippen LogP contribution in [0.3, 0.4) is 0 Å². The molecular formula is C27H19BrN2O3. The lowest BCUT2D eigenvalue weighted by Crippen LogP contribution is -2.29. The van der Waals surface area contributed by atoms with Crippen molar-refractivity contribution in [2.75, 3.05) is 4.90 Å². The molecule has 5 nitrogen and oxygen atoms in total. The van der Waals surface area contributed by atoms with Gasteiger partial charge < -0.3 is 5.11 Å². The number of halogens is 1. The minimum atomic E-state index is -0.812. The Bertz CT molecular complexity index is 1440. The minimum Gasteiger partial charge on any atom is -0.507 e. The number of nitrogens with zero attached hydrogens (tertiary/aromatic N) is 2. The smallest absolute Gasteiger partial charge is 0.300 e. The molecule has 2 heterocycles. The van der Waals surface area contributed by atoms with Crippen molar-refractivity contribution in [2.45, 2.75) is 13.0 Å². The molecule has 1 aliphatic rings. The molecule has 162 valence electrons. The van der Waals surface area contributed by atoms with Crippen LogP contribution in [0.15, 0.2) is 95.2 Å². The molecule has 1 amide bonds. The molecule has 3 aromatic carbocycles. The van der Waals surface area contributed by atoms with Crippen LogP contribution in [0.25, 0.3) is 16.5 Å². The van der Waals surface area contributed by atoms with Gasteiger partial charge in [0.25, 0.3) is 11.7 Å². The Labute approximate surface area is 199 Å². The van der Waals surface area contributed by atoms with E-state index in [1.165, 1.54) is 4.90 Å². The monoisotopic (exact) mass is 498 g/mol. The molecule has 0 radical (unpaired) electrons. The van der Waals surface area contributed by atoms with E-state index in [1.54, 1.807) is 30.6 Å². The second kappa shape index (κ2) is 8.30. The highest BCUT2D eigenvalue weighted by Gasteiger charge is 2.47. The third-order valence-corrected chi connectivity index (χ3v) is 6.79. The summed E-state index contributed by atoms with van der Waals surface area (Å²) in [6, 6.07) is 21.4. The molecule has 33 heavy (non-hydrogen) atoms. The lowest BCUT2D eigenvalue weighted by molar-refractivity contribution is -0.132. The number of carbonyl (C=O) groups excluding carboxylic acids is 2. The molecule has 1 fully saturated rings. The van der Waals surface area contributed by atoms with Crippen molar-refractivity contribution in [2.24, 2.45) is 0 Å². The van der Waals surface area contributed by atoms with Crippen LogP contribution < -0.4 is 4.90 Å². The Balaban J connectivity index is 1.78. The topological polar surface area (TPSA) is 70.5 Å². The van der Waals surface area contributed by atoms with Gasteiger partial charge in [-0.05, 0) is 47.7 Å². The zero-order chi connectivity index (χ0) is 23.1. The van der Waals surface area contributed by atoms with Gasteiger partial charge in [-0.1, -0.05) is 64.5 Å². The van der Waals surface area contributed by atoms with Gasteiger partial charge in [-0.3, -0.25) is 19.5 Å². The highest BCUT2D eigenvalue weighted by molar-refractivity contribution is 9.10. The standard InChI is InChI=1S/C27H19BrN2O3/c1-16-14-18(11-12-21(16)28)25(31)23-24(19-8-5-13-29-15-19)30(27(33)26(23)32)22-10-4-7-17-6-2-3-9-20(17)22/h2-15,24,31H,1H3/b25-23+. The zero-order valence-corrected chi connectivity index (χ0v) is 19.3. The first-order valence-electron chi connectivity index (χ1n) is 10.4. The average molecular weight is 499 g/mol. The second-order valence-electron chi connectivity index (χ2n) is 7.92. The molecule has 4 aromatic rings. The van der Waals surface area contributed by atoms with Gasteiger partial charge in [-0.2, -0.15) is 0 Å². The van der Waals surface area contributed by atoms with E-state index in [-0.39, 0.29) is 11.3 Å². The van der Waals surface area contributed by atoms with E-state index >= 15 is 0 Å². The Morgan fingerprint density at radius 3 is 2.55 bits per heavy atom. The number of rotatable bonds is 3. The fourth-order valence-corrected chi connectivity index (χ4v) is 4.55. The highest BCUT2D eigenvalue weighted by atomic mass is 79.9. The normalized spacial score (nSPS) is 17.6. The zero-order valence-electron chi connectivity index (χ0n) is 17.7. The summed E-state index contributed by atoms with van der Waals surface area (Å²) in [6.45, 7) is 1.90. The number of aromatic nitrogens is 1. The van der Waals surface area contributed by atoms with Crippen molar-refractivity contribution in [1.29, 1.82) is 0 Å². The molecule has 0 aliphatic carbocycles. The molecule has 1 aliphatic heterocycles. The van der Waals surface area contributed by atoms with Gasteiger partial charge in [0.15, 0.2) is 0 Å². The molecule has 1 unspecified atom stereocenters. The van der Waals surface area contributed by atoms with Gasteiger partial charge in [0.05, 0.1) is 17.3 Å². The first kappa shape index (κ1) is 21.1. The maximum atomic E-state index is 13.4. The third-order valence-electron chi connectivity index (χ3n) is 5.90. The van der Waals surface area contributed by atoms with Crippen LogP contribution in [-0.4, -0.2) is 21.8 Å². The van der Waals surface area contributed by atoms with Crippen LogP contribution >= 0.6 is 15.9 Å². The van der Waals surface area contributed by atoms with Crippen molar-refractivity contribution >= 4 is 49.8 Å². The van der Waals surface area contributed by atoms with Crippen molar-refractivity contribution in [3.63, 3.8) is 0 Å². The number of ketones is 1. The summed E-state index contributed by atoms with van der Waals surface area (Å²) in [7, 11) is 0. The van der Waals surface area contributed by atoms with E-state index in [4.69, 9.17) is 0 Å². The molecule has 5 rings (SSSR count). The quantitative estimate of drug-likeness (QED) is 0.216. The number of fused-ring (bicyclic) bond motifs is 1. The number of anilines is 1. The predicted octanol–water partition coefficient (Wildman–Crippen LogP) is 5.93. The van der Waals surface area contributed by atoms with E-state index in [1.807, 2.05) is 61.5 Å². The van der Waals surface area contributed by atoms with Crippen LogP contribution in [0.2, 0.25) is 0 Å². The Hall–Kier alpha value is -3.77. The van der Waals surface area contributed by atoms with E-state index in [0.717, 1.165) is 20.8 Å². The second-order valence-corrected chi connectivity index (χ2v) is 8.77. The molecule has 0 bridgehead atoms. The van der Waals surface area contributed by atoms with Gasteiger partial charge in [0.2, 0.25) is 0 Å². The summed E-state index contributed by atoms with van der Waals surface area (Å²) in [6.07, 6.45) is 3.25. The summed E-state index contributed by atoms with van der Waals surface area (Å²) in [5.41, 5.74) is 2.67. The number of hydrogen-bond acceptors (Lipinski definition) is 4. The van der Waals surface area contributed by atoms with E-state index in [2.05, 4.69) is 20.9 Å². The number of aryl methyl sites for hydroxylation is 1. The summed E-state index contributed by atoms with van der Waals surface area (Å²) in [4.78, 5) is 32.4. The molecule has 6 heteroatoms. The van der Waals surface area contributed by atoms with Gasteiger partial charge in [0, 0.05) is 27.8 Å². The van der Waals surface area contributed by atoms with Crippen LogP contribution in [0.4, 0.5) is 5.69 Å². The Morgan fingerprint density at radius 2 is 1.79 bits per heavy atom. The third kappa shape index (κ3) is 3.52. The number of pyridine rings is 1. The van der Waals surface area contributed by atoms with E-state index in [9.17, 15) is 14.7 Å². The van der Waals surface area contributed by atoms with Crippen LogP contribution in [0, 0.1) is 6.92 Å². The number of hydrogen-bond donors (Lipinski definition) is 1. The molecule has 0 saturated carbocycles. The predicted molar refractivity (Wildman–Crippen MR) is 132 cm³/mol. The number of Topliss-reactive ketones (excluding diaryl/α,β-unsaturated/α-hetero) is 1.